The van der Waals surface area contributed by atoms with Crippen LogP contribution in [0.5, 0.6) is 0 Å². The van der Waals surface area contributed by atoms with Crippen molar-refractivity contribution in [1.82, 2.24) is 15.5 Å². The summed E-state index contributed by atoms with van der Waals surface area (Å²) in [5.74, 6) is 1.19. The maximum absolute atomic E-state index is 11.8. The minimum absolute atomic E-state index is 0.149. The largest absolute Gasteiger partial charge is 0.467 e. The first-order chi connectivity index (χ1) is 11.4. The minimum Gasteiger partial charge on any atom is -0.467 e. The standard InChI is InChI=1S/C12H13F3N4O3S2/c13-12(14,15)7-22-10(20)16-3-5-23-11-19-18-9(24-11)17-6-8-2-1-4-21-8/h1-2,4H,3,5-7H2,(H,16,20)(H,17,18). The summed E-state index contributed by atoms with van der Waals surface area (Å²) in [4.78, 5) is 11.0. The summed E-state index contributed by atoms with van der Waals surface area (Å²) >= 11 is 2.64. The summed E-state index contributed by atoms with van der Waals surface area (Å²) in [6.45, 7) is -0.970. The Labute approximate surface area is 143 Å². The van der Waals surface area contributed by atoms with Crippen LogP contribution in [0.1, 0.15) is 5.76 Å². The fourth-order valence-electron chi connectivity index (χ4n) is 1.41. The maximum atomic E-state index is 11.8. The molecule has 2 aromatic heterocycles. The van der Waals surface area contributed by atoms with Gasteiger partial charge in [-0.05, 0) is 12.1 Å². The van der Waals surface area contributed by atoms with Crippen LogP contribution in [-0.2, 0) is 11.3 Å². The smallest absolute Gasteiger partial charge is 0.422 e. The van der Waals surface area contributed by atoms with Crippen LogP contribution < -0.4 is 10.6 Å². The van der Waals surface area contributed by atoms with Gasteiger partial charge in [-0.2, -0.15) is 13.2 Å². The number of thioether (sulfide) groups is 1. The average Bonchev–Trinajstić information content (AvgIpc) is 3.18. The molecule has 12 heteroatoms. The maximum Gasteiger partial charge on any atom is 0.422 e. The van der Waals surface area contributed by atoms with Crippen LogP contribution >= 0.6 is 23.1 Å². The first-order valence-electron chi connectivity index (χ1n) is 6.62. The van der Waals surface area contributed by atoms with Crippen LogP contribution in [0.2, 0.25) is 0 Å². The van der Waals surface area contributed by atoms with Crippen molar-refractivity contribution in [3.05, 3.63) is 24.2 Å². The molecule has 0 aliphatic carbocycles. The van der Waals surface area contributed by atoms with Gasteiger partial charge in [0.05, 0.1) is 12.8 Å². The van der Waals surface area contributed by atoms with E-state index in [1.165, 1.54) is 23.1 Å². The molecule has 132 valence electrons. The minimum atomic E-state index is -4.53. The predicted octanol–water partition coefficient (Wildman–Crippen LogP) is 3.12. The number of amides is 1. The lowest BCUT2D eigenvalue weighted by molar-refractivity contribution is -0.160. The van der Waals surface area contributed by atoms with Crippen molar-refractivity contribution in [2.75, 3.05) is 24.2 Å². The van der Waals surface area contributed by atoms with Crippen molar-refractivity contribution in [3.8, 4) is 0 Å². The second kappa shape index (κ2) is 8.78. The number of alkyl halides is 3. The summed E-state index contributed by atoms with van der Waals surface area (Å²) < 4.78 is 45.4. The average molecular weight is 382 g/mol. The number of aromatic nitrogens is 2. The SMILES string of the molecule is O=C(NCCSc1nnc(NCc2ccco2)s1)OCC(F)(F)F. The van der Waals surface area contributed by atoms with E-state index < -0.39 is 18.9 Å². The second-order valence-corrected chi connectivity index (χ2v) is 6.59. The molecular formula is C12H13F3N4O3S2. The molecule has 2 aromatic rings. The van der Waals surface area contributed by atoms with Gasteiger partial charge >= 0.3 is 12.3 Å². The predicted molar refractivity (Wildman–Crippen MR) is 82.1 cm³/mol. The van der Waals surface area contributed by atoms with Gasteiger partial charge in [-0.25, -0.2) is 4.79 Å². The highest BCUT2D eigenvalue weighted by atomic mass is 32.2. The molecule has 0 spiro atoms. The van der Waals surface area contributed by atoms with E-state index >= 15 is 0 Å². The zero-order valence-corrected chi connectivity index (χ0v) is 13.8. The van der Waals surface area contributed by atoms with Gasteiger partial charge in [-0.3, -0.25) is 0 Å². The number of ether oxygens (including phenoxy) is 1. The lowest BCUT2D eigenvalue weighted by atomic mass is 10.4. The monoisotopic (exact) mass is 382 g/mol. The molecule has 0 saturated carbocycles. The summed E-state index contributed by atoms with van der Waals surface area (Å²) in [5, 5.41) is 13.8. The Kier molecular flexibility index (Phi) is 6.73. The Morgan fingerprint density at radius 2 is 2.25 bits per heavy atom. The zero-order chi connectivity index (χ0) is 17.4. The van der Waals surface area contributed by atoms with Crippen molar-refractivity contribution >= 4 is 34.3 Å². The van der Waals surface area contributed by atoms with Crippen molar-refractivity contribution < 1.29 is 27.1 Å². The quantitative estimate of drug-likeness (QED) is 0.536. The number of furan rings is 1. The number of nitrogens with zero attached hydrogens (tertiary/aromatic N) is 2. The molecule has 2 heterocycles. The first kappa shape index (κ1) is 18.4. The fraction of sp³-hybridized carbons (Fsp3) is 0.417. The normalized spacial score (nSPS) is 11.3. The molecule has 0 saturated heterocycles. The molecule has 0 fully saturated rings. The third-order valence-corrected chi connectivity index (χ3v) is 4.38. The molecule has 0 radical (unpaired) electrons. The number of halogens is 3. The molecule has 0 aliphatic heterocycles. The summed E-state index contributed by atoms with van der Waals surface area (Å²) in [6.07, 6.45) is -4.06. The van der Waals surface area contributed by atoms with E-state index in [0.717, 1.165) is 5.76 Å². The van der Waals surface area contributed by atoms with Gasteiger partial charge in [-0.1, -0.05) is 23.1 Å². The van der Waals surface area contributed by atoms with Crippen LogP contribution in [-0.4, -0.2) is 41.4 Å². The fourth-order valence-corrected chi connectivity index (χ4v) is 3.08. The van der Waals surface area contributed by atoms with E-state index in [1.54, 1.807) is 12.3 Å². The number of nitrogens with one attached hydrogen (secondary N) is 2. The van der Waals surface area contributed by atoms with E-state index in [2.05, 4.69) is 25.6 Å². The van der Waals surface area contributed by atoms with Gasteiger partial charge in [0.1, 0.15) is 5.76 Å². The highest BCUT2D eigenvalue weighted by Gasteiger charge is 2.29. The number of rotatable bonds is 8. The molecular weight excluding hydrogens is 369 g/mol. The van der Waals surface area contributed by atoms with Crippen LogP contribution in [0.25, 0.3) is 0 Å². The summed E-state index contributed by atoms with van der Waals surface area (Å²) in [6, 6.07) is 3.61. The molecule has 0 aliphatic rings. The van der Waals surface area contributed by atoms with Gasteiger partial charge in [-0.15, -0.1) is 10.2 Å². The number of anilines is 1. The molecule has 24 heavy (non-hydrogen) atoms. The highest BCUT2D eigenvalue weighted by molar-refractivity contribution is 8.01. The van der Waals surface area contributed by atoms with Gasteiger partial charge in [0.2, 0.25) is 5.13 Å². The van der Waals surface area contributed by atoms with E-state index in [-0.39, 0.29) is 6.54 Å². The van der Waals surface area contributed by atoms with Crippen LogP contribution in [0.4, 0.5) is 23.1 Å². The van der Waals surface area contributed by atoms with Gasteiger partial charge in [0.15, 0.2) is 10.9 Å². The number of carbonyl (C=O) groups excluding carboxylic acids is 1. The zero-order valence-electron chi connectivity index (χ0n) is 12.1. The van der Waals surface area contributed by atoms with E-state index in [4.69, 9.17) is 4.42 Å². The van der Waals surface area contributed by atoms with Crippen LogP contribution in [0.3, 0.4) is 0 Å². The lowest BCUT2D eigenvalue weighted by Gasteiger charge is -2.08. The molecule has 2 N–H and O–H groups in total. The third-order valence-electron chi connectivity index (χ3n) is 2.36. The van der Waals surface area contributed by atoms with Gasteiger partial charge < -0.3 is 19.8 Å². The van der Waals surface area contributed by atoms with Crippen LogP contribution in [0.15, 0.2) is 27.2 Å². The Balaban J connectivity index is 1.60. The molecule has 0 unspecified atom stereocenters. The molecule has 7 nitrogen and oxygen atoms in total. The second-order valence-electron chi connectivity index (χ2n) is 4.27. The van der Waals surface area contributed by atoms with Crippen molar-refractivity contribution in [3.63, 3.8) is 0 Å². The molecule has 1 amide bonds. The Hall–Kier alpha value is -1.95. The topological polar surface area (TPSA) is 89.3 Å². The Morgan fingerprint density at radius 1 is 1.42 bits per heavy atom. The third kappa shape index (κ3) is 7.08. The van der Waals surface area contributed by atoms with Crippen molar-refractivity contribution in [1.29, 1.82) is 0 Å². The van der Waals surface area contributed by atoms with Gasteiger partial charge in [0.25, 0.3) is 0 Å². The number of hydrogen-bond donors (Lipinski definition) is 2. The number of alkyl carbamates (subject to hydrolysis) is 1. The first-order valence-corrected chi connectivity index (χ1v) is 8.42. The van der Waals surface area contributed by atoms with Gasteiger partial charge in [0, 0.05) is 12.3 Å². The molecule has 0 bridgehead atoms. The van der Waals surface area contributed by atoms with Crippen LogP contribution in [0, 0.1) is 0 Å². The number of hydrogen-bond acceptors (Lipinski definition) is 8. The van der Waals surface area contributed by atoms with E-state index in [0.29, 0.717) is 21.8 Å². The van der Waals surface area contributed by atoms with Crippen molar-refractivity contribution in [2.45, 2.75) is 17.1 Å². The Bertz CT molecular complexity index is 634. The summed E-state index contributed by atoms with van der Waals surface area (Å²) in [7, 11) is 0. The van der Waals surface area contributed by atoms with E-state index in [1.807, 2.05) is 6.07 Å². The Morgan fingerprint density at radius 3 is 2.96 bits per heavy atom. The molecule has 0 atom stereocenters. The lowest BCUT2D eigenvalue weighted by Crippen LogP contribution is -2.30. The molecule has 0 aromatic carbocycles. The summed E-state index contributed by atoms with van der Waals surface area (Å²) in [5.41, 5.74) is 0. The van der Waals surface area contributed by atoms with E-state index in [9.17, 15) is 18.0 Å². The molecule has 2 rings (SSSR count). The number of carbonyl (C=O) groups is 1. The highest BCUT2D eigenvalue weighted by Crippen LogP contribution is 2.25. The van der Waals surface area contributed by atoms with Crippen molar-refractivity contribution in [2.24, 2.45) is 0 Å².